The van der Waals surface area contributed by atoms with Gasteiger partial charge in [0.2, 0.25) is 14.8 Å². The van der Waals surface area contributed by atoms with Gasteiger partial charge in [-0.15, -0.1) is 0 Å². The first-order chi connectivity index (χ1) is 9.81. The molecule has 0 aliphatic heterocycles. The zero-order chi connectivity index (χ0) is 15.9. The van der Waals surface area contributed by atoms with Crippen LogP contribution in [-0.4, -0.2) is 25.7 Å². The third-order valence-corrected chi connectivity index (χ3v) is 4.21. The summed E-state index contributed by atoms with van der Waals surface area (Å²) < 4.78 is 26.8. The quantitative estimate of drug-likeness (QED) is 0.291. The molecule has 0 spiro atoms. The van der Waals surface area contributed by atoms with Crippen LogP contribution in [0.25, 0.3) is 0 Å². The highest BCUT2D eigenvalue weighted by atomic mass is 35.7. The van der Waals surface area contributed by atoms with Gasteiger partial charge in [0.1, 0.15) is 0 Å². The molecule has 0 unspecified atom stereocenters. The van der Waals surface area contributed by atoms with Crippen molar-refractivity contribution < 1.29 is 18.1 Å². The first-order valence-electron chi connectivity index (χ1n) is 6.29. The van der Waals surface area contributed by atoms with E-state index in [1.54, 1.807) is 0 Å². The molecule has 0 aliphatic rings. The summed E-state index contributed by atoms with van der Waals surface area (Å²) in [6, 6.07) is 4.34. The molecular weight excluding hydrogens is 341 g/mol. The van der Waals surface area contributed by atoms with E-state index in [9.17, 15) is 18.5 Å². The van der Waals surface area contributed by atoms with Gasteiger partial charge in [0.25, 0.3) is 0 Å². The van der Waals surface area contributed by atoms with E-state index in [0.29, 0.717) is 19.3 Å². The molecule has 0 saturated heterocycles. The lowest BCUT2D eigenvalue weighted by Gasteiger charge is -2.08. The van der Waals surface area contributed by atoms with E-state index in [4.69, 9.17) is 27.0 Å². The maximum atomic E-state index is 10.8. The monoisotopic (exact) mass is 355 g/mol. The lowest BCUT2D eigenvalue weighted by Crippen LogP contribution is -2.02. The molecule has 0 aromatic heterocycles. The van der Waals surface area contributed by atoms with Crippen molar-refractivity contribution in [3.05, 3.63) is 33.3 Å². The first-order valence-corrected chi connectivity index (χ1v) is 9.15. The lowest BCUT2D eigenvalue weighted by molar-refractivity contribution is -0.385. The predicted octanol–water partition coefficient (Wildman–Crippen LogP) is 3.76. The van der Waals surface area contributed by atoms with Crippen molar-refractivity contribution in [3.63, 3.8) is 0 Å². The van der Waals surface area contributed by atoms with Crippen LogP contribution in [0.3, 0.4) is 0 Å². The Hall–Kier alpha value is -1.05. The van der Waals surface area contributed by atoms with Crippen molar-refractivity contribution >= 4 is 37.0 Å². The molecule has 6 nitrogen and oxygen atoms in total. The number of ether oxygens (including phenoxy) is 1. The molecule has 0 amide bonds. The van der Waals surface area contributed by atoms with E-state index in [2.05, 4.69) is 0 Å². The second-order valence-corrected chi connectivity index (χ2v) is 7.65. The first kappa shape index (κ1) is 18.0. The fourth-order valence-electron chi connectivity index (χ4n) is 1.69. The van der Waals surface area contributed by atoms with Crippen molar-refractivity contribution in [2.24, 2.45) is 0 Å². The highest BCUT2D eigenvalue weighted by Crippen LogP contribution is 2.34. The minimum Gasteiger partial charge on any atom is -0.486 e. The largest absolute Gasteiger partial charge is 0.486 e. The summed E-state index contributed by atoms with van der Waals surface area (Å²) in [6.45, 7) is 0.276. The van der Waals surface area contributed by atoms with Crippen molar-refractivity contribution in [1.29, 1.82) is 0 Å². The van der Waals surface area contributed by atoms with E-state index in [0.717, 1.165) is 6.42 Å². The second kappa shape index (κ2) is 8.41. The van der Waals surface area contributed by atoms with Crippen LogP contribution in [0.1, 0.15) is 25.7 Å². The summed E-state index contributed by atoms with van der Waals surface area (Å²) in [7, 11) is 1.65. The van der Waals surface area contributed by atoms with Gasteiger partial charge in [-0.3, -0.25) is 10.1 Å². The van der Waals surface area contributed by atoms with E-state index in [1.807, 2.05) is 0 Å². The smallest absolute Gasteiger partial charge is 0.312 e. The molecule has 0 aliphatic carbocycles. The van der Waals surface area contributed by atoms with Crippen LogP contribution in [0.15, 0.2) is 18.2 Å². The molecular formula is C12H15Cl2NO5S. The molecule has 0 bridgehead atoms. The van der Waals surface area contributed by atoms with Gasteiger partial charge in [0, 0.05) is 16.7 Å². The highest BCUT2D eigenvalue weighted by Gasteiger charge is 2.17. The zero-order valence-corrected chi connectivity index (χ0v) is 13.5. The van der Waals surface area contributed by atoms with Gasteiger partial charge in [-0.05, 0) is 18.9 Å². The number of halogens is 2. The Labute approximate surface area is 132 Å². The Morgan fingerprint density at radius 2 is 1.86 bits per heavy atom. The second-order valence-electron chi connectivity index (χ2n) is 4.35. The van der Waals surface area contributed by atoms with Crippen molar-refractivity contribution in [2.45, 2.75) is 25.7 Å². The molecule has 0 radical (unpaired) electrons. The topological polar surface area (TPSA) is 86.5 Å². The molecule has 1 rings (SSSR count). The van der Waals surface area contributed by atoms with Crippen LogP contribution in [0.2, 0.25) is 5.02 Å². The van der Waals surface area contributed by atoms with Crippen LogP contribution in [0, 0.1) is 10.1 Å². The average Bonchev–Trinajstić information content (AvgIpc) is 2.37. The summed E-state index contributed by atoms with van der Waals surface area (Å²) in [6.07, 6.45) is 2.56. The van der Waals surface area contributed by atoms with Crippen LogP contribution >= 0.6 is 22.3 Å². The Kier molecular flexibility index (Phi) is 7.21. The van der Waals surface area contributed by atoms with Gasteiger partial charge in [-0.1, -0.05) is 30.5 Å². The van der Waals surface area contributed by atoms with Crippen LogP contribution in [0.4, 0.5) is 5.69 Å². The van der Waals surface area contributed by atoms with E-state index < -0.39 is 14.0 Å². The number of benzene rings is 1. The van der Waals surface area contributed by atoms with Crippen molar-refractivity contribution in [3.8, 4) is 5.75 Å². The maximum Gasteiger partial charge on any atom is 0.312 e. The standard InChI is InChI=1S/C12H15Cl2NO5S/c13-10-6-5-7-11(15(16)17)12(10)20-8-3-1-2-4-9-21(14,18)19/h5-7H,1-4,8-9H2. The normalized spacial score (nSPS) is 11.3. The SMILES string of the molecule is O=[N+]([O-])c1cccc(Cl)c1OCCCCCCS(=O)(=O)Cl. The third kappa shape index (κ3) is 6.97. The lowest BCUT2D eigenvalue weighted by atomic mass is 10.2. The van der Waals surface area contributed by atoms with Crippen LogP contribution < -0.4 is 4.74 Å². The van der Waals surface area contributed by atoms with E-state index in [-0.39, 0.29) is 28.8 Å². The zero-order valence-electron chi connectivity index (χ0n) is 11.1. The van der Waals surface area contributed by atoms with Gasteiger partial charge in [0.15, 0.2) is 0 Å². The summed E-state index contributed by atoms with van der Waals surface area (Å²) in [5, 5.41) is 11.0. The third-order valence-electron chi connectivity index (χ3n) is 2.67. The van der Waals surface area contributed by atoms with Gasteiger partial charge < -0.3 is 4.74 Å². The average molecular weight is 356 g/mol. The molecule has 1 aromatic carbocycles. The van der Waals surface area contributed by atoms with Crippen LogP contribution in [0.5, 0.6) is 5.75 Å². The number of nitro benzene ring substituents is 1. The van der Waals surface area contributed by atoms with Crippen molar-refractivity contribution in [1.82, 2.24) is 0 Å². The number of hydrogen-bond donors (Lipinski definition) is 0. The molecule has 9 heteroatoms. The fraction of sp³-hybridized carbons (Fsp3) is 0.500. The number of unbranched alkanes of at least 4 members (excludes halogenated alkanes) is 3. The summed E-state index contributed by atoms with van der Waals surface area (Å²) in [5.74, 6) is 0.0123. The van der Waals surface area contributed by atoms with E-state index in [1.165, 1.54) is 18.2 Å². The maximum absolute atomic E-state index is 10.8. The van der Waals surface area contributed by atoms with Gasteiger partial charge in [-0.2, -0.15) is 0 Å². The summed E-state index contributed by atoms with van der Waals surface area (Å²) >= 11 is 5.88. The number of rotatable bonds is 9. The molecule has 21 heavy (non-hydrogen) atoms. The molecule has 0 N–H and O–H groups in total. The molecule has 0 saturated carbocycles. The molecule has 118 valence electrons. The fourth-order valence-corrected chi connectivity index (χ4v) is 2.79. The van der Waals surface area contributed by atoms with E-state index >= 15 is 0 Å². The number of para-hydroxylation sites is 1. The van der Waals surface area contributed by atoms with Gasteiger partial charge in [-0.25, -0.2) is 8.42 Å². The number of hydrogen-bond acceptors (Lipinski definition) is 5. The minimum atomic E-state index is -3.43. The van der Waals surface area contributed by atoms with Gasteiger partial charge >= 0.3 is 5.69 Å². The van der Waals surface area contributed by atoms with Crippen molar-refractivity contribution in [2.75, 3.05) is 12.4 Å². The summed E-state index contributed by atoms with van der Waals surface area (Å²) in [4.78, 5) is 10.3. The number of nitrogens with zero attached hydrogens (tertiary/aromatic N) is 1. The predicted molar refractivity (Wildman–Crippen MR) is 81.7 cm³/mol. The Morgan fingerprint density at radius 1 is 1.19 bits per heavy atom. The molecule has 1 aromatic rings. The Morgan fingerprint density at radius 3 is 2.48 bits per heavy atom. The minimum absolute atomic E-state index is 0.0502. The number of nitro groups is 1. The Bertz CT molecular complexity index is 591. The highest BCUT2D eigenvalue weighted by molar-refractivity contribution is 8.13. The molecule has 0 fully saturated rings. The van der Waals surface area contributed by atoms with Gasteiger partial charge in [0.05, 0.1) is 22.3 Å². The molecule has 0 heterocycles. The summed E-state index contributed by atoms with van der Waals surface area (Å²) in [5.41, 5.74) is -0.171. The Balaban J connectivity index is 2.35. The molecule has 0 atom stereocenters. The van der Waals surface area contributed by atoms with Crippen LogP contribution in [-0.2, 0) is 9.05 Å².